The molecular weight excluding hydrogens is 274 g/mol. The van der Waals surface area contributed by atoms with Crippen molar-refractivity contribution in [2.75, 3.05) is 5.32 Å². The minimum atomic E-state index is -0.108. The molecule has 0 aliphatic heterocycles. The Labute approximate surface area is 132 Å². The van der Waals surface area contributed by atoms with Crippen LogP contribution in [0.2, 0.25) is 0 Å². The first kappa shape index (κ1) is 16.0. The Morgan fingerprint density at radius 3 is 2.77 bits per heavy atom. The summed E-state index contributed by atoms with van der Waals surface area (Å²) in [5.41, 5.74) is 3.74. The van der Waals surface area contributed by atoms with Crippen molar-refractivity contribution in [3.63, 3.8) is 0 Å². The second kappa shape index (κ2) is 7.59. The van der Waals surface area contributed by atoms with E-state index in [4.69, 9.17) is 0 Å². The van der Waals surface area contributed by atoms with Gasteiger partial charge in [0.2, 0.25) is 0 Å². The first-order valence-corrected chi connectivity index (χ1v) is 7.64. The molecule has 1 unspecified atom stereocenters. The number of aromatic nitrogens is 1. The van der Waals surface area contributed by atoms with Crippen LogP contribution < -0.4 is 10.6 Å². The first-order valence-electron chi connectivity index (χ1n) is 7.64. The number of nitrogens with zero attached hydrogens (tertiary/aromatic N) is 1. The van der Waals surface area contributed by atoms with Gasteiger partial charge in [0, 0.05) is 25.0 Å². The van der Waals surface area contributed by atoms with Crippen molar-refractivity contribution in [2.24, 2.45) is 0 Å². The molecule has 2 N–H and O–H groups in total. The van der Waals surface area contributed by atoms with Crippen LogP contribution in [0.15, 0.2) is 42.7 Å². The number of hydrogen-bond donors (Lipinski definition) is 2. The maximum atomic E-state index is 12.3. The van der Waals surface area contributed by atoms with Gasteiger partial charge in [0.25, 0.3) is 5.91 Å². The van der Waals surface area contributed by atoms with Gasteiger partial charge >= 0.3 is 0 Å². The molecule has 0 aliphatic carbocycles. The molecule has 0 spiro atoms. The monoisotopic (exact) mass is 297 g/mol. The van der Waals surface area contributed by atoms with Crippen LogP contribution in [0, 0.1) is 6.92 Å². The summed E-state index contributed by atoms with van der Waals surface area (Å²) in [7, 11) is 0. The molecule has 4 heteroatoms. The molecular formula is C18H23N3O. The Hall–Kier alpha value is -2.36. The van der Waals surface area contributed by atoms with Crippen LogP contribution >= 0.6 is 0 Å². The fourth-order valence-electron chi connectivity index (χ4n) is 2.12. The number of carbonyl (C=O) groups excluding carboxylic acids is 1. The molecule has 2 aromatic rings. The molecule has 0 saturated heterocycles. The van der Waals surface area contributed by atoms with Crippen LogP contribution in [-0.2, 0) is 6.54 Å². The third kappa shape index (κ3) is 4.32. The van der Waals surface area contributed by atoms with Crippen LogP contribution in [0.5, 0.6) is 0 Å². The smallest absolute Gasteiger partial charge is 0.253 e. The zero-order chi connectivity index (χ0) is 15.9. The Morgan fingerprint density at radius 2 is 2.05 bits per heavy atom. The zero-order valence-corrected chi connectivity index (χ0v) is 13.4. The molecule has 0 bridgehead atoms. The van der Waals surface area contributed by atoms with Crippen molar-refractivity contribution < 1.29 is 4.79 Å². The summed E-state index contributed by atoms with van der Waals surface area (Å²) in [5.74, 6) is -0.108. The minimum Gasteiger partial charge on any atom is -0.381 e. The number of benzene rings is 1. The van der Waals surface area contributed by atoms with E-state index in [9.17, 15) is 4.79 Å². The first-order chi connectivity index (χ1) is 10.6. The second-order valence-corrected chi connectivity index (χ2v) is 5.53. The van der Waals surface area contributed by atoms with Gasteiger partial charge in [0.1, 0.15) is 0 Å². The second-order valence-electron chi connectivity index (χ2n) is 5.53. The number of nitrogens with one attached hydrogen (secondary N) is 2. The summed E-state index contributed by atoms with van der Waals surface area (Å²) in [6.07, 6.45) is 4.35. The van der Waals surface area contributed by atoms with E-state index >= 15 is 0 Å². The van der Waals surface area contributed by atoms with Crippen molar-refractivity contribution in [1.29, 1.82) is 0 Å². The SMILES string of the molecule is CCC(C)Nc1cncc(C(=O)NCc2ccccc2C)c1. The molecule has 1 aromatic heterocycles. The van der Waals surface area contributed by atoms with Crippen LogP contribution in [-0.4, -0.2) is 16.9 Å². The molecule has 1 atom stereocenters. The van der Waals surface area contributed by atoms with Gasteiger partial charge in [0.15, 0.2) is 0 Å². The van der Waals surface area contributed by atoms with E-state index in [1.165, 1.54) is 5.56 Å². The van der Waals surface area contributed by atoms with Crippen LogP contribution in [0.3, 0.4) is 0 Å². The Kier molecular flexibility index (Phi) is 5.53. The summed E-state index contributed by atoms with van der Waals surface area (Å²) in [6.45, 7) is 6.78. The van der Waals surface area contributed by atoms with Crippen molar-refractivity contribution in [3.05, 3.63) is 59.4 Å². The molecule has 0 fully saturated rings. The summed E-state index contributed by atoms with van der Waals surface area (Å²) in [6, 6.07) is 10.2. The molecule has 1 aromatic carbocycles. The van der Waals surface area contributed by atoms with Gasteiger partial charge in [-0.3, -0.25) is 9.78 Å². The number of amides is 1. The van der Waals surface area contributed by atoms with Gasteiger partial charge in [-0.05, 0) is 37.5 Å². The van der Waals surface area contributed by atoms with E-state index in [0.29, 0.717) is 18.2 Å². The lowest BCUT2D eigenvalue weighted by Crippen LogP contribution is -2.23. The van der Waals surface area contributed by atoms with Crippen LogP contribution in [0.25, 0.3) is 0 Å². The largest absolute Gasteiger partial charge is 0.381 e. The van der Waals surface area contributed by atoms with Crippen molar-refractivity contribution in [1.82, 2.24) is 10.3 Å². The summed E-state index contributed by atoms with van der Waals surface area (Å²) < 4.78 is 0. The van der Waals surface area contributed by atoms with Crippen LogP contribution in [0.4, 0.5) is 5.69 Å². The van der Waals surface area contributed by atoms with E-state index < -0.39 is 0 Å². The highest BCUT2D eigenvalue weighted by molar-refractivity contribution is 5.94. The average Bonchev–Trinajstić information content (AvgIpc) is 2.54. The third-order valence-electron chi connectivity index (χ3n) is 3.73. The van der Waals surface area contributed by atoms with Crippen LogP contribution in [0.1, 0.15) is 41.8 Å². The number of pyridine rings is 1. The van der Waals surface area contributed by atoms with Gasteiger partial charge in [-0.1, -0.05) is 31.2 Å². The number of anilines is 1. The third-order valence-corrected chi connectivity index (χ3v) is 3.73. The fourth-order valence-corrected chi connectivity index (χ4v) is 2.12. The van der Waals surface area contributed by atoms with E-state index in [0.717, 1.165) is 17.7 Å². The van der Waals surface area contributed by atoms with E-state index in [1.54, 1.807) is 12.4 Å². The van der Waals surface area contributed by atoms with Gasteiger partial charge in [0.05, 0.1) is 11.3 Å². The average molecular weight is 297 g/mol. The maximum Gasteiger partial charge on any atom is 0.253 e. The summed E-state index contributed by atoms with van der Waals surface area (Å²) >= 11 is 0. The van der Waals surface area contributed by atoms with Crippen molar-refractivity contribution in [3.8, 4) is 0 Å². The Balaban J connectivity index is 2.00. The molecule has 0 radical (unpaired) electrons. The van der Waals surface area contributed by atoms with Gasteiger partial charge in [-0.15, -0.1) is 0 Å². The van der Waals surface area contributed by atoms with Crippen molar-refractivity contribution in [2.45, 2.75) is 39.8 Å². The highest BCUT2D eigenvalue weighted by Gasteiger charge is 2.08. The highest BCUT2D eigenvalue weighted by atomic mass is 16.1. The number of aryl methyl sites for hydroxylation is 1. The molecule has 4 nitrogen and oxygen atoms in total. The summed E-state index contributed by atoms with van der Waals surface area (Å²) in [4.78, 5) is 16.4. The Bertz CT molecular complexity index is 640. The lowest BCUT2D eigenvalue weighted by molar-refractivity contribution is 0.0950. The lowest BCUT2D eigenvalue weighted by atomic mass is 10.1. The number of carbonyl (C=O) groups is 1. The van der Waals surface area contributed by atoms with Gasteiger partial charge in [-0.2, -0.15) is 0 Å². The topological polar surface area (TPSA) is 54.0 Å². The van der Waals surface area contributed by atoms with Gasteiger partial charge in [-0.25, -0.2) is 0 Å². The molecule has 0 aliphatic rings. The summed E-state index contributed by atoms with van der Waals surface area (Å²) in [5, 5.41) is 6.27. The molecule has 22 heavy (non-hydrogen) atoms. The molecule has 1 heterocycles. The molecule has 2 rings (SSSR count). The van der Waals surface area contributed by atoms with Crippen molar-refractivity contribution >= 4 is 11.6 Å². The molecule has 116 valence electrons. The number of rotatable bonds is 6. The molecule has 1 amide bonds. The van der Waals surface area contributed by atoms with E-state index in [-0.39, 0.29) is 5.91 Å². The molecule has 0 saturated carbocycles. The maximum absolute atomic E-state index is 12.3. The highest BCUT2D eigenvalue weighted by Crippen LogP contribution is 2.12. The fraction of sp³-hybridized carbons (Fsp3) is 0.333. The Morgan fingerprint density at radius 1 is 1.27 bits per heavy atom. The predicted molar refractivity (Wildman–Crippen MR) is 90.0 cm³/mol. The zero-order valence-electron chi connectivity index (χ0n) is 13.4. The normalized spacial score (nSPS) is 11.8. The van der Waals surface area contributed by atoms with E-state index in [2.05, 4.69) is 29.5 Å². The lowest BCUT2D eigenvalue weighted by Gasteiger charge is -2.13. The minimum absolute atomic E-state index is 0.108. The van der Waals surface area contributed by atoms with E-state index in [1.807, 2.05) is 37.3 Å². The predicted octanol–water partition coefficient (Wildman–Crippen LogP) is 3.53. The standard InChI is InChI=1S/C18H23N3O/c1-4-14(3)21-17-9-16(10-19-12-17)18(22)20-11-15-8-6-5-7-13(15)2/h5-10,12,14,21H,4,11H2,1-3H3,(H,20,22). The quantitative estimate of drug-likeness (QED) is 0.857. The van der Waals surface area contributed by atoms with Gasteiger partial charge < -0.3 is 10.6 Å². The number of hydrogen-bond acceptors (Lipinski definition) is 3.